The smallest absolute Gasteiger partial charge is 0.126 e. The molecule has 0 aliphatic carbocycles. The highest BCUT2D eigenvalue weighted by Crippen LogP contribution is 2.34. The van der Waals surface area contributed by atoms with Crippen molar-refractivity contribution in [2.24, 2.45) is 4.99 Å². The molecule has 2 atom stereocenters. The first-order valence-corrected chi connectivity index (χ1v) is 8.85. The van der Waals surface area contributed by atoms with Crippen molar-refractivity contribution in [1.29, 1.82) is 0 Å². The normalized spacial score (nSPS) is 19.8. The summed E-state index contributed by atoms with van der Waals surface area (Å²) in [5.74, 6) is 0.285. The van der Waals surface area contributed by atoms with Gasteiger partial charge in [-0.2, -0.15) is 0 Å². The molecule has 0 amide bonds. The van der Waals surface area contributed by atoms with E-state index < -0.39 is 0 Å². The Labute approximate surface area is 157 Å². The van der Waals surface area contributed by atoms with E-state index in [-0.39, 0.29) is 18.0 Å². The van der Waals surface area contributed by atoms with Crippen LogP contribution in [0.25, 0.3) is 0 Å². The Kier molecular flexibility index (Phi) is 4.69. The first-order valence-electron chi connectivity index (χ1n) is 8.47. The van der Waals surface area contributed by atoms with E-state index in [2.05, 4.69) is 10.3 Å². The molecule has 0 unspecified atom stereocenters. The average molecular weight is 364 g/mol. The lowest BCUT2D eigenvalue weighted by Gasteiger charge is -2.30. The van der Waals surface area contributed by atoms with Crippen LogP contribution in [0.2, 0.25) is 5.02 Å². The number of hydrogen-bond donors (Lipinski definition) is 2. The van der Waals surface area contributed by atoms with Crippen LogP contribution in [0.4, 0.5) is 0 Å². The van der Waals surface area contributed by atoms with Crippen molar-refractivity contribution >= 4 is 17.3 Å². The molecule has 2 aromatic carbocycles. The van der Waals surface area contributed by atoms with Crippen molar-refractivity contribution in [2.75, 3.05) is 0 Å². The van der Waals surface area contributed by atoms with Gasteiger partial charge >= 0.3 is 0 Å². The van der Waals surface area contributed by atoms with Crippen molar-refractivity contribution in [3.8, 4) is 5.75 Å². The summed E-state index contributed by atoms with van der Waals surface area (Å²) in [6.45, 7) is 0. The number of nitrogens with zero attached hydrogens (tertiary/aromatic N) is 2. The van der Waals surface area contributed by atoms with Gasteiger partial charge in [0.1, 0.15) is 11.9 Å². The summed E-state index contributed by atoms with van der Waals surface area (Å²) in [5, 5.41) is 14.5. The predicted octanol–water partition coefficient (Wildman–Crippen LogP) is 4.66. The minimum Gasteiger partial charge on any atom is -0.508 e. The molecule has 2 N–H and O–H groups in total. The molecule has 5 heteroatoms. The number of halogens is 1. The summed E-state index contributed by atoms with van der Waals surface area (Å²) in [6, 6.07) is 19.0. The summed E-state index contributed by atoms with van der Waals surface area (Å²) in [7, 11) is 0. The topological polar surface area (TPSA) is 57.5 Å². The first-order chi connectivity index (χ1) is 12.7. The molecule has 2 heterocycles. The van der Waals surface area contributed by atoms with E-state index in [1.165, 1.54) is 0 Å². The third-order valence-corrected chi connectivity index (χ3v) is 4.79. The molecule has 0 radical (unpaired) electrons. The van der Waals surface area contributed by atoms with Gasteiger partial charge in [0.05, 0.1) is 0 Å². The first kappa shape index (κ1) is 16.8. The summed E-state index contributed by atoms with van der Waals surface area (Å²) in [4.78, 5) is 9.11. The van der Waals surface area contributed by atoms with E-state index in [0.717, 1.165) is 22.4 Å². The van der Waals surface area contributed by atoms with Gasteiger partial charge in [-0.1, -0.05) is 48.0 Å². The van der Waals surface area contributed by atoms with E-state index in [1.54, 1.807) is 12.3 Å². The zero-order chi connectivity index (χ0) is 17.9. The highest BCUT2D eigenvalue weighted by atomic mass is 35.5. The maximum atomic E-state index is 10.3. The second-order valence-corrected chi connectivity index (χ2v) is 6.69. The summed E-state index contributed by atoms with van der Waals surface area (Å²) in [6.07, 6.45) is 4.03. The second-order valence-electron chi connectivity index (χ2n) is 6.25. The van der Waals surface area contributed by atoms with Crippen molar-refractivity contribution in [1.82, 2.24) is 10.3 Å². The average Bonchev–Trinajstić information content (AvgIpc) is 2.69. The third kappa shape index (κ3) is 3.47. The lowest BCUT2D eigenvalue weighted by atomic mass is 9.94. The zero-order valence-corrected chi connectivity index (χ0v) is 14.8. The number of aliphatic imine (C=N–C) groups is 1. The quantitative estimate of drug-likeness (QED) is 0.711. The van der Waals surface area contributed by atoms with Crippen molar-refractivity contribution in [2.45, 2.75) is 18.6 Å². The van der Waals surface area contributed by atoms with Gasteiger partial charge in [-0.25, -0.2) is 0 Å². The van der Waals surface area contributed by atoms with Crippen LogP contribution in [0.15, 0.2) is 78.0 Å². The van der Waals surface area contributed by atoms with Crippen LogP contribution in [0, 0.1) is 0 Å². The largest absolute Gasteiger partial charge is 0.508 e. The molecule has 130 valence electrons. The van der Waals surface area contributed by atoms with Crippen LogP contribution < -0.4 is 5.32 Å². The third-order valence-electron chi connectivity index (χ3n) is 4.53. The number of aromatic nitrogens is 1. The minimum absolute atomic E-state index is 0.0513. The maximum absolute atomic E-state index is 10.3. The Morgan fingerprint density at radius 1 is 1.00 bits per heavy atom. The molecule has 0 fully saturated rings. The van der Waals surface area contributed by atoms with Crippen LogP contribution in [-0.2, 0) is 0 Å². The van der Waals surface area contributed by atoms with Gasteiger partial charge in [0.2, 0.25) is 0 Å². The molecule has 0 saturated heterocycles. The Hall–Kier alpha value is -2.69. The Balaban J connectivity index is 1.75. The van der Waals surface area contributed by atoms with Crippen molar-refractivity contribution in [3.05, 3.63) is 94.8 Å². The minimum atomic E-state index is -0.221. The van der Waals surface area contributed by atoms with E-state index in [4.69, 9.17) is 16.6 Å². The molecule has 0 bridgehead atoms. The molecule has 4 nitrogen and oxygen atoms in total. The monoisotopic (exact) mass is 363 g/mol. The number of hydrogen-bond acceptors (Lipinski definition) is 4. The Morgan fingerprint density at radius 3 is 2.54 bits per heavy atom. The number of rotatable bonds is 3. The molecule has 0 spiro atoms. The highest BCUT2D eigenvalue weighted by Gasteiger charge is 2.27. The molecule has 1 aliphatic heterocycles. The molecule has 1 aliphatic rings. The molecule has 4 rings (SSSR count). The van der Waals surface area contributed by atoms with Gasteiger partial charge in [-0.05, 0) is 29.8 Å². The van der Waals surface area contributed by atoms with Gasteiger partial charge in [0, 0.05) is 46.7 Å². The predicted molar refractivity (Wildman–Crippen MR) is 104 cm³/mol. The molecule has 1 aromatic heterocycles. The molecular formula is C21H18ClN3O. The molecule has 26 heavy (non-hydrogen) atoms. The van der Waals surface area contributed by atoms with E-state index in [0.29, 0.717) is 11.4 Å². The van der Waals surface area contributed by atoms with Crippen molar-refractivity contribution in [3.63, 3.8) is 0 Å². The number of aromatic hydroxyl groups is 1. The zero-order valence-electron chi connectivity index (χ0n) is 14.0. The van der Waals surface area contributed by atoms with E-state index in [9.17, 15) is 5.11 Å². The summed E-state index contributed by atoms with van der Waals surface area (Å²) < 4.78 is 0. The van der Waals surface area contributed by atoms with Crippen LogP contribution in [-0.4, -0.2) is 15.8 Å². The van der Waals surface area contributed by atoms with Gasteiger partial charge < -0.3 is 5.11 Å². The number of phenols is 1. The number of phenolic OH excluding ortho intramolecular Hbond substituents is 1. The van der Waals surface area contributed by atoms with Gasteiger partial charge in [0.25, 0.3) is 0 Å². The number of pyridine rings is 1. The number of benzene rings is 2. The van der Waals surface area contributed by atoms with Gasteiger partial charge in [-0.3, -0.25) is 15.3 Å². The highest BCUT2D eigenvalue weighted by molar-refractivity contribution is 6.30. The maximum Gasteiger partial charge on any atom is 0.126 e. The lowest BCUT2D eigenvalue weighted by molar-refractivity contribution is 0.412. The number of para-hydroxylation sites is 1. The molecule has 0 saturated carbocycles. The SMILES string of the molecule is Oc1ccccc1[C@@H]1CC(c2cccnc2)=N[C@@H](c2ccc(Cl)cc2)N1. The van der Waals surface area contributed by atoms with Crippen LogP contribution in [0.1, 0.15) is 35.3 Å². The fraction of sp³-hybridized carbons (Fsp3) is 0.143. The fourth-order valence-electron chi connectivity index (χ4n) is 3.21. The fourth-order valence-corrected chi connectivity index (χ4v) is 3.34. The van der Waals surface area contributed by atoms with Gasteiger partial charge in [0.15, 0.2) is 0 Å². The number of nitrogens with one attached hydrogen (secondary N) is 1. The van der Waals surface area contributed by atoms with E-state index >= 15 is 0 Å². The lowest BCUT2D eigenvalue weighted by Crippen LogP contribution is -2.33. The van der Waals surface area contributed by atoms with Crippen LogP contribution in [0.3, 0.4) is 0 Å². The Morgan fingerprint density at radius 2 is 1.81 bits per heavy atom. The second kappa shape index (κ2) is 7.28. The summed E-state index contributed by atoms with van der Waals surface area (Å²) in [5.41, 5.74) is 3.84. The molecule has 3 aromatic rings. The summed E-state index contributed by atoms with van der Waals surface area (Å²) >= 11 is 6.02. The van der Waals surface area contributed by atoms with Crippen molar-refractivity contribution < 1.29 is 5.11 Å². The van der Waals surface area contributed by atoms with Crippen LogP contribution >= 0.6 is 11.6 Å². The van der Waals surface area contributed by atoms with Gasteiger partial charge in [-0.15, -0.1) is 0 Å². The van der Waals surface area contributed by atoms with Crippen LogP contribution in [0.5, 0.6) is 5.75 Å². The standard InChI is InChI=1S/C21H18ClN3O/c22-16-9-7-14(8-10-16)21-24-18(15-4-3-11-23-13-15)12-19(25-21)17-5-1-2-6-20(17)26/h1-11,13,19,21,25-26H,12H2/t19-,21+/m0/s1. The molecular weight excluding hydrogens is 346 g/mol. The van der Waals surface area contributed by atoms with E-state index in [1.807, 2.05) is 60.8 Å². The Bertz CT molecular complexity index is 926.